The molecule has 2 N–H and O–H groups in total. The predicted octanol–water partition coefficient (Wildman–Crippen LogP) is 1.56. The highest BCUT2D eigenvalue weighted by molar-refractivity contribution is 4.60. The van der Waals surface area contributed by atoms with E-state index in [2.05, 4.69) is 0 Å². The van der Waals surface area contributed by atoms with Crippen LogP contribution in [0, 0.1) is 0 Å². The summed E-state index contributed by atoms with van der Waals surface area (Å²) in [7, 11) is 0. The van der Waals surface area contributed by atoms with Crippen molar-refractivity contribution < 1.29 is 9.47 Å². The minimum atomic E-state index is 0.155. The van der Waals surface area contributed by atoms with Crippen LogP contribution in [0.2, 0.25) is 0 Å². The Kier molecular flexibility index (Phi) is 8.40. The molecule has 0 aromatic heterocycles. The van der Waals surface area contributed by atoms with E-state index in [4.69, 9.17) is 15.2 Å². The molecule has 0 aliphatic heterocycles. The second-order valence-electron chi connectivity index (χ2n) is 3.48. The predicted molar refractivity (Wildman–Crippen MR) is 54.8 cm³/mol. The Bertz CT molecular complexity index is 107. The molecule has 0 heterocycles. The molecular formula is C10H23NO2. The third-order valence-electron chi connectivity index (χ3n) is 1.71. The van der Waals surface area contributed by atoms with Crippen molar-refractivity contribution in [2.75, 3.05) is 19.8 Å². The van der Waals surface area contributed by atoms with Gasteiger partial charge in [-0.25, -0.2) is 0 Å². The molecule has 0 aromatic carbocycles. The molecule has 3 nitrogen and oxygen atoms in total. The van der Waals surface area contributed by atoms with Crippen molar-refractivity contribution in [3.05, 3.63) is 0 Å². The molecule has 1 unspecified atom stereocenters. The highest BCUT2D eigenvalue weighted by atomic mass is 16.5. The second-order valence-corrected chi connectivity index (χ2v) is 3.48. The van der Waals surface area contributed by atoms with Gasteiger partial charge in [0.2, 0.25) is 0 Å². The highest BCUT2D eigenvalue weighted by Gasteiger charge is 2.03. The van der Waals surface area contributed by atoms with Gasteiger partial charge in [-0.1, -0.05) is 0 Å². The second kappa shape index (κ2) is 8.48. The molecule has 0 rings (SSSR count). The highest BCUT2D eigenvalue weighted by Crippen LogP contribution is 1.98. The summed E-state index contributed by atoms with van der Waals surface area (Å²) in [6, 6.07) is 0.155. The summed E-state index contributed by atoms with van der Waals surface area (Å²) in [6.45, 7) is 8.30. The summed E-state index contributed by atoms with van der Waals surface area (Å²) in [5.41, 5.74) is 5.82. The molecule has 0 amide bonds. The smallest absolute Gasteiger partial charge is 0.0620 e. The van der Waals surface area contributed by atoms with E-state index in [0.717, 1.165) is 26.1 Å². The molecule has 0 spiro atoms. The number of nitrogens with two attached hydrogens (primary N) is 1. The van der Waals surface area contributed by atoms with Gasteiger partial charge in [0.15, 0.2) is 0 Å². The van der Waals surface area contributed by atoms with Gasteiger partial charge >= 0.3 is 0 Å². The van der Waals surface area contributed by atoms with E-state index in [9.17, 15) is 0 Å². The molecule has 0 saturated carbocycles. The molecule has 0 aliphatic rings. The van der Waals surface area contributed by atoms with Gasteiger partial charge < -0.3 is 15.2 Å². The summed E-state index contributed by atoms with van der Waals surface area (Å²) >= 11 is 0. The van der Waals surface area contributed by atoms with E-state index in [1.807, 2.05) is 20.8 Å². The molecule has 13 heavy (non-hydrogen) atoms. The van der Waals surface area contributed by atoms with Gasteiger partial charge in [0.1, 0.15) is 0 Å². The first-order chi connectivity index (χ1) is 6.16. The van der Waals surface area contributed by atoms with Crippen molar-refractivity contribution >= 4 is 0 Å². The number of hydrogen-bond donors (Lipinski definition) is 1. The van der Waals surface area contributed by atoms with Crippen molar-refractivity contribution in [3.63, 3.8) is 0 Å². The molecular weight excluding hydrogens is 166 g/mol. The fraction of sp³-hybridized carbons (Fsp3) is 1.00. The van der Waals surface area contributed by atoms with Crippen molar-refractivity contribution in [2.24, 2.45) is 5.73 Å². The van der Waals surface area contributed by atoms with Crippen LogP contribution in [0.5, 0.6) is 0 Å². The molecule has 0 aromatic rings. The molecule has 3 heteroatoms. The van der Waals surface area contributed by atoms with Gasteiger partial charge in [-0.3, -0.25) is 0 Å². The summed E-state index contributed by atoms with van der Waals surface area (Å²) < 4.78 is 10.6. The summed E-state index contributed by atoms with van der Waals surface area (Å²) in [6.07, 6.45) is 2.28. The minimum absolute atomic E-state index is 0.155. The Morgan fingerprint density at radius 1 is 1.31 bits per heavy atom. The Labute approximate surface area is 81.6 Å². The molecule has 0 saturated heterocycles. The van der Waals surface area contributed by atoms with Crippen LogP contribution in [0.3, 0.4) is 0 Å². The topological polar surface area (TPSA) is 44.5 Å². The Balaban J connectivity index is 3.15. The summed E-state index contributed by atoms with van der Waals surface area (Å²) in [4.78, 5) is 0. The summed E-state index contributed by atoms with van der Waals surface area (Å²) in [5.74, 6) is 0. The molecule has 1 atom stereocenters. The van der Waals surface area contributed by atoms with Gasteiger partial charge in [0.05, 0.1) is 12.7 Å². The van der Waals surface area contributed by atoms with Crippen LogP contribution < -0.4 is 5.73 Å². The monoisotopic (exact) mass is 189 g/mol. The van der Waals surface area contributed by atoms with E-state index < -0.39 is 0 Å². The van der Waals surface area contributed by atoms with Crippen molar-refractivity contribution in [2.45, 2.75) is 45.8 Å². The van der Waals surface area contributed by atoms with E-state index in [0.29, 0.717) is 6.61 Å². The van der Waals surface area contributed by atoms with Crippen LogP contribution in [0.1, 0.15) is 33.6 Å². The Hall–Kier alpha value is -0.120. The van der Waals surface area contributed by atoms with Gasteiger partial charge in [-0.05, 0) is 33.6 Å². The number of ether oxygens (including phenoxy) is 2. The lowest BCUT2D eigenvalue weighted by atomic mass is 10.2. The van der Waals surface area contributed by atoms with E-state index >= 15 is 0 Å². The fourth-order valence-corrected chi connectivity index (χ4v) is 0.991. The first-order valence-electron chi connectivity index (χ1n) is 5.11. The quantitative estimate of drug-likeness (QED) is 0.589. The third-order valence-corrected chi connectivity index (χ3v) is 1.71. The maximum Gasteiger partial charge on any atom is 0.0620 e. The molecule has 0 fully saturated rings. The van der Waals surface area contributed by atoms with Gasteiger partial charge in [-0.2, -0.15) is 0 Å². The first kappa shape index (κ1) is 12.9. The zero-order chi connectivity index (χ0) is 10.1. The lowest BCUT2D eigenvalue weighted by molar-refractivity contribution is 0.0639. The van der Waals surface area contributed by atoms with Crippen LogP contribution in [0.4, 0.5) is 0 Å². The van der Waals surface area contributed by atoms with Crippen LogP contribution in [-0.4, -0.2) is 32.0 Å². The lowest BCUT2D eigenvalue weighted by Gasteiger charge is -2.13. The lowest BCUT2D eigenvalue weighted by Crippen LogP contribution is -2.28. The Morgan fingerprint density at radius 2 is 2.00 bits per heavy atom. The van der Waals surface area contributed by atoms with E-state index in [1.165, 1.54) is 0 Å². The first-order valence-corrected chi connectivity index (χ1v) is 5.11. The Morgan fingerprint density at radius 3 is 2.54 bits per heavy atom. The molecule has 0 radical (unpaired) electrons. The summed E-state index contributed by atoms with van der Waals surface area (Å²) in [5, 5.41) is 0. The SMILES string of the molecule is CCOCCCC(N)COC(C)C. The standard InChI is InChI=1S/C10H23NO2/c1-4-12-7-5-6-10(11)8-13-9(2)3/h9-10H,4-8,11H2,1-3H3. The van der Waals surface area contributed by atoms with Crippen LogP contribution in [0.15, 0.2) is 0 Å². The third kappa shape index (κ3) is 9.80. The molecule has 80 valence electrons. The molecule has 0 bridgehead atoms. The maximum absolute atomic E-state index is 5.82. The molecule has 0 aliphatic carbocycles. The largest absolute Gasteiger partial charge is 0.382 e. The number of rotatable bonds is 8. The van der Waals surface area contributed by atoms with E-state index in [-0.39, 0.29) is 12.1 Å². The van der Waals surface area contributed by atoms with Gasteiger partial charge in [-0.15, -0.1) is 0 Å². The van der Waals surface area contributed by atoms with Crippen LogP contribution >= 0.6 is 0 Å². The number of hydrogen-bond acceptors (Lipinski definition) is 3. The average molecular weight is 189 g/mol. The van der Waals surface area contributed by atoms with Crippen molar-refractivity contribution in [1.29, 1.82) is 0 Å². The normalized spacial score (nSPS) is 13.6. The zero-order valence-corrected chi connectivity index (χ0v) is 9.08. The maximum atomic E-state index is 5.82. The van der Waals surface area contributed by atoms with Crippen LogP contribution in [-0.2, 0) is 9.47 Å². The average Bonchev–Trinajstić information content (AvgIpc) is 2.09. The minimum Gasteiger partial charge on any atom is -0.382 e. The van der Waals surface area contributed by atoms with Crippen LogP contribution in [0.25, 0.3) is 0 Å². The zero-order valence-electron chi connectivity index (χ0n) is 9.08. The van der Waals surface area contributed by atoms with Crippen molar-refractivity contribution in [3.8, 4) is 0 Å². The van der Waals surface area contributed by atoms with Gasteiger partial charge in [0, 0.05) is 19.3 Å². The van der Waals surface area contributed by atoms with E-state index in [1.54, 1.807) is 0 Å². The van der Waals surface area contributed by atoms with Gasteiger partial charge in [0.25, 0.3) is 0 Å². The fourth-order valence-electron chi connectivity index (χ4n) is 0.991. The van der Waals surface area contributed by atoms with Crippen molar-refractivity contribution in [1.82, 2.24) is 0 Å².